The van der Waals surface area contributed by atoms with Gasteiger partial charge < -0.3 is 14.8 Å². The fraction of sp³-hybridized carbons (Fsp3) is 0.200. The van der Waals surface area contributed by atoms with Crippen LogP contribution in [0.15, 0.2) is 42.6 Å². The lowest BCUT2D eigenvalue weighted by Gasteiger charge is -2.18. The third-order valence-corrected chi connectivity index (χ3v) is 2.89. The van der Waals surface area contributed by atoms with Crippen molar-refractivity contribution in [3.63, 3.8) is 0 Å². The number of nitrogens with zero attached hydrogens (tertiary/aromatic N) is 1. The van der Waals surface area contributed by atoms with E-state index >= 15 is 0 Å². The van der Waals surface area contributed by atoms with Crippen LogP contribution in [0.4, 0.5) is 10.1 Å². The van der Waals surface area contributed by atoms with Crippen LogP contribution >= 0.6 is 0 Å². The molecule has 6 heteroatoms. The molecule has 0 aliphatic rings. The quantitative estimate of drug-likeness (QED) is 0.858. The molecule has 1 atom stereocenters. The summed E-state index contributed by atoms with van der Waals surface area (Å²) in [6, 6.07) is 8.33. The number of carbonyl (C=O) groups excluding carboxylic acids is 1. The van der Waals surface area contributed by atoms with Crippen molar-refractivity contribution in [3.05, 3.63) is 54.0 Å². The molecule has 1 aromatic carbocycles. The summed E-state index contributed by atoms with van der Waals surface area (Å²) in [4.78, 5) is 16.0. The maximum absolute atomic E-state index is 12.9. The van der Waals surface area contributed by atoms with Crippen LogP contribution in [0.1, 0.15) is 11.6 Å². The number of pyridine rings is 1. The number of anilines is 1. The van der Waals surface area contributed by atoms with E-state index in [-0.39, 0.29) is 5.82 Å². The molecule has 1 heterocycles. The molecule has 0 spiro atoms. The minimum atomic E-state index is -0.737. The SMILES string of the molecule is COC(=O)C(Nc1ccc(F)cc1)c1ccc(OC)nc1. The Morgan fingerprint density at radius 2 is 1.90 bits per heavy atom. The minimum Gasteiger partial charge on any atom is -0.481 e. The number of aromatic nitrogens is 1. The molecule has 2 aromatic rings. The molecule has 0 saturated carbocycles. The second-order valence-electron chi connectivity index (χ2n) is 4.24. The van der Waals surface area contributed by atoms with Gasteiger partial charge in [-0.1, -0.05) is 0 Å². The van der Waals surface area contributed by atoms with Crippen LogP contribution in [0.2, 0.25) is 0 Å². The molecule has 0 radical (unpaired) electrons. The van der Waals surface area contributed by atoms with Gasteiger partial charge in [-0.3, -0.25) is 0 Å². The molecule has 5 nitrogen and oxygen atoms in total. The number of rotatable bonds is 5. The van der Waals surface area contributed by atoms with Crippen molar-refractivity contribution < 1.29 is 18.7 Å². The molecular formula is C15H15FN2O3. The topological polar surface area (TPSA) is 60.5 Å². The first-order valence-electron chi connectivity index (χ1n) is 6.24. The molecule has 0 aliphatic heterocycles. The number of methoxy groups -OCH3 is 2. The van der Waals surface area contributed by atoms with Crippen LogP contribution in [-0.4, -0.2) is 25.2 Å². The third kappa shape index (κ3) is 3.68. The summed E-state index contributed by atoms with van der Waals surface area (Å²) in [5, 5.41) is 2.99. The number of esters is 1. The Labute approximate surface area is 121 Å². The molecule has 1 aromatic heterocycles. The first-order valence-corrected chi connectivity index (χ1v) is 6.24. The fourth-order valence-electron chi connectivity index (χ4n) is 1.79. The Kier molecular flexibility index (Phi) is 4.71. The molecule has 0 bridgehead atoms. The Morgan fingerprint density at radius 1 is 1.19 bits per heavy atom. The molecule has 0 saturated heterocycles. The van der Waals surface area contributed by atoms with Gasteiger partial charge in [0.25, 0.3) is 0 Å². The predicted molar refractivity (Wildman–Crippen MR) is 75.6 cm³/mol. The van der Waals surface area contributed by atoms with Crippen LogP contribution in [0, 0.1) is 5.82 Å². The Morgan fingerprint density at radius 3 is 2.43 bits per heavy atom. The molecule has 2 rings (SSSR count). The van der Waals surface area contributed by atoms with E-state index in [9.17, 15) is 9.18 Å². The van der Waals surface area contributed by atoms with Gasteiger partial charge in [0.15, 0.2) is 6.04 Å². The number of carbonyl (C=O) groups is 1. The van der Waals surface area contributed by atoms with E-state index in [1.165, 1.54) is 32.5 Å². The van der Waals surface area contributed by atoms with Crippen molar-refractivity contribution in [2.24, 2.45) is 0 Å². The zero-order chi connectivity index (χ0) is 15.2. The van der Waals surface area contributed by atoms with Crippen molar-refractivity contribution in [1.29, 1.82) is 0 Å². The van der Waals surface area contributed by atoms with Crippen LogP contribution in [-0.2, 0) is 9.53 Å². The number of hydrogen-bond donors (Lipinski definition) is 1. The van der Waals surface area contributed by atoms with E-state index in [2.05, 4.69) is 10.3 Å². The van der Waals surface area contributed by atoms with E-state index in [4.69, 9.17) is 9.47 Å². The Bertz CT molecular complexity index is 599. The number of nitrogens with one attached hydrogen (secondary N) is 1. The highest BCUT2D eigenvalue weighted by Crippen LogP contribution is 2.22. The van der Waals surface area contributed by atoms with E-state index < -0.39 is 12.0 Å². The van der Waals surface area contributed by atoms with E-state index in [0.29, 0.717) is 17.1 Å². The maximum atomic E-state index is 12.9. The van der Waals surface area contributed by atoms with Gasteiger partial charge in [-0.05, 0) is 30.3 Å². The molecule has 21 heavy (non-hydrogen) atoms. The van der Waals surface area contributed by atoms with E-state index in [0.717, 1.165) is 0 Å². The molecule has 1 N–H and O–H groups in total. The average Bonchev–Trinajstić information content (AvgIpc) is 2.54. The molecule has 0 aliphatic carbocycles. The zero-order valence-electron chi connectivity index (χ0n) is 11.7. The van der Waals surface area contributed by atoms with E-state index in [1.807, 2.05) is 0 Å². The first kappa shape index (κ1) is 14.8. The highest BCUT2D eigenvalue weighted by Gasteiger charge is 2.21. The highest BCUT2D eigenvalue weighted by atomic mass is 19.1. The summed E-state index contributed by atoms with van der Waals surface area (Å²) in [5.74, 6) is -0.364. The smallest absolute Gasteiger partial charge is 0.333 e. The summed E-state index contributed by atoms with van der Waals surface area (Å²) in [5.41, 5.74) is 1.22. The minimum absolute atomic E-state index is 0.346. The Balaban J connectivity index is 2.25. The zero-order valence-corrected chi connectivity index (χ0v) is 11.7. The summed E-state index contributed by atoms with van der Waals surface area (Å²) >= 11 is 0. The third-order valence-electron chi connectivity index (χ3n) is 2.89. The lowest BCUT2D eigenvalue weighted by Crippen LogP contribution is -2.22. The summed E-state index contributed by atoms with van der Waals surface area (Å²) < 4.78 is 22.7. The maximum Gasteiger partial charge on any atom is 0.333 e. The van der Waals surface area contributed by atoms with Gasteiger partial charge in [0.1, 0.15) is 5.82 Å². The highest BCUT2D eigenvalue weighted by molar-refractivity contribution is 5.80. The summed E-state index contributed by atoms with van der Waals surface area (Å²) in [6.07, 6.45) is 1.52. The standard InChI is InChI=1S/C15H15FN2O3/c1-20-13-8-3-10(9-17-13)14(15(19)21-2)18-12-6-4-11(16)5-7-12/h3-9,14,18H,1-2H3. The molecule has 110 valence electrons. The van der Waals surface area contributed by atoms with Crippen LogP contribution in [0.5, 0.6) is 5.88 Å². The van der Waals surface area contributed by atoms with Crippen molar-refractivity contribution in [1.82, 2.24) is 4.98 Å². The summed E-state index contributed by atoms with van der Waals surface area (Å²) in [7, 11) is 2.81. The summed E-state index contributed by atoms with van der Waals surface area (Å²) in [6.45, 7) is 0. The largest absolute Gasteiger partial charge is 0.481 e. The second kappa shape index (κ2) is 6.69. The molecular weight excluding hydrogens is 275 g/mol. The number of benzene rings is 1. The molecule has 0 amide bonds. The van der Waals surface area contributed by atoms with Crippen molar-refractivity contribution in [3.8, 4) is 5.88 Å². The van der Waals surface area contributed by atoms with Gasteiger partial charge in [0.2, 0.25) is 5.88 Å². The van der Waals surface area contributed by atoms with Crippen molar-refractivity contribution in [2.45, 2.75) is 6.04 Å². The fourth-order valence-corrected chi connectivity index (χ4v) is 1.79. The lowest BCUT2D eigenvalue weighted by atomic mass is 10.1. The van der Waals surface area contributed by atoms with Crippen molar-refractivity contribution in [2.75, 3.05) is 19.5 Å². The van der Waals surface area contributed by atoms with Gasteiger partial charge in [-0.25, -0.2) is 14.2 Å². The monoisotopic (exact) mass is 290 g/mol. The second-order valence-corrected chi connectivity index (χ2v) is 4.24. The number of halogens is 1. The average molecular weight is 290 g/mol. The lowest BCUT2D eigenvalue weighted by molar-refractivity contribution is -0.141. The van der Waals surface area contributed by atoms with Gasteiger partial charge in [0.05, 0.1) is 14.2 Å². The van der Waals surface area contributed by atoms with E-state index in [1.54, 1.807) is 24.3 Å². The normalized spacial score (nSPS) is 11.6. The van der Waals surface area contributed by atoms with Gasteiger partial charge in [-0.2, -0.15) is 0 Å². The Hall–Kier alpha value is -2.63. The van der Waals surface area contributed by atoms with Gasteiger partial charge in [-0.15, -0.1) is 0 Å². The van der Waals surface area contributed by atoms with Crippen LogP contribution in [0.25, 0.3) is 0 Å². The van der Waals surface area contributed by atoms with Crippen molar-refractivity contribution >= 4 is 11.7 Å². The van der Waals surface area contributed by atoms with Crippen LogP contribution < -0.4 is 10.1 Å². The first-order chi connectivity index (χ1) is 10.1. The van der Waals surface area contributed by atoms with Gasteiger partial charge >= 0.3 is 5.97 Å². The van der Waals surface area contributed by atoms with Gasteiger partial charge in [0, 0.05) is 23.5 Å². The predicted octanol–water partition coefficient (Wildman–Crippen LogP) is 2.56. The number of hydrogen-bond acceptors (Lipinski definition) is 5. The van der Waals surface area contributed by atoms with Crippen LogP contribution in [0.3, 0.4) is 0 Å². The number of ether oxygens (including phenoxy) is 2. The molecule has 0 fully saturated rings. The molecule has 1 unspecified atom stereocenters.